The SMILES string of the molecule is Cc1cncnc1N1CC2CN(Cc3cn[nH]c3C3CC3)CC2C1. The molecule has 126 valence electrons. The molecule has 3 aliphatic rings. The van der Waals surface area contributed by atoms with Gasteiger partial charge in [0.15, 0.2) is 0 Å². The highest BCUT2D eigenvalue weighted by Crippen LogP contribution is 2.41. The summed E-state index contributed by atoms with van der Waals surface area (Å²) in [7, 11) is 0. The number of hydrogen-bond acceptors (Lipinski definition) is 5. The number of anilines is 1. The average Bonchev–Trinajstić information content (AvgIpc) is 3.00. The molecule has 1 N–H and O–H groups in total. The van der Waals surface area contributed by atoms with Crippen LogP contribution in [0.25, 0.3) is 0 Å². The van der Waals surface area contributed by atoms with E-state index in [2.05, 4.69) is 36.9 Å². The molecule has 0 aromatic carbocycles. The molecule has 0 spiro atoms. The predicted molar refractivity (Wildman–Crippen MR) is 91.8 cm³/mol. The average molecular weight is 324 g/mol. The van der Waals surface area contributed by atoms with Crippen molar-refractivity contribution in [3.05, 3.63) is 35.5 Å². The van der Waals surface area contributed by atoms with E-state index in [1.54, 1.807) is 6.33 Å². The fourth-order valence-corrected chi connectivity index (χ4v) is 4.53. The fourth-order valence-electron chi connectivity index (χ4n) is 4.53. The number of aromatic nitrogens is 4. The second-order valence-electron chi connectivity index (χ2n) is 7.73. The van der Waals surface area contributed by atoms with Crippen molar-refractivity contribution in [2.24, 2.45) is 11.8 Å². The Bertz CT molecular complexity index is 723. The van der Waals surface area contributed by atoms with E-state index in [0.717, 1.165) is 43.2 Å². The summed E-state index contributed by atoms with van der Waals surface area (Å²) in [6.45, 7) is 7.80. The van der Waals surface area contributed by atoms with Gasteiger partial charge in [-0.1, -0.05) is 0 Å². The molecule has 2 aromatic heterocycles. The molecule has 6 nitrogen and oxygen atoms in total. The molecule has 0 radical (unpaired) electrons. The summed E-state index contributed by atoms with van der Waals surface area (Å²) in [6, 6.07) is 0. The molecule has 5 rings (SSSR count). The minimum Gasteiger partial charge on any atom is -0.356 e. The number of rotatable bonds is 4. The van der Waals surface area contributed by atoms with E-state index < -0.39 is 0 Å². The van der Waals surface area contributed by atoms with E-state index >= 15 is 0 Å². The highest BCUT2D eigenvalue weighted by molar-refractivity contribution is 5.46. The summed E-state index contributed by atoms with van der Waals surface area (Å²) in [5.74, 6) is 3.39. The van der Waals surface area contributed by atoms with Crippen LogP contribution in [0.15, 0.2) is 18.7 Å². The third kappa shape index (κ3) is 2.49. The monoisotopic (exact) mass is 324 g/mol. The zero-order valence-corrected chi connectivity index (χ0v) is 14.1. The van der Waals surface area contributed by atoms with Crippen LogP contribution >= 0.6 is 0 Å². The summed E-state index contributed by atoms with van der Waals surface area (Å²) >= 11 is 0. The second kappa shape index (κ2) is 5.55. The molecule has 1 aliphatic carbocycles. The molecule has 0 bridgehead atoms. The van der Waals surface area contributed by atoms with Gasteiger partial charge in [0, 0.05) is 61.7 Å². The van der Waals surface area contributed by atoms with Crippen molar-refractivity contribution in [3.63, 3.8) is 0 Å². The molecule has 4 heterocycles. The van der Waals surface area contributed by atoms with Crippen LogP contribution in [0.2, 0.25) is 0 Å². The first kappa shape index (κ1) is 14.4. The van der Waals surface area contributed by atoms with Gasteiger partial charge < -0.3 is 4.90 Å². The summed E-state index contributed by atoms with van der Waals surface area (Å²) in [6.07, 6.45) is 8.28. The minimum absolute atomic E-state index is 0.751. The zero-order valence-electron chi connectivity index (χ0n) is 14.1. The Labute approximate surface area is 142 Å². The van der Waals surface area contributed by atoms with Crippen molar-refractivity contribution >= 4 is 5.82 Å². The first-order chi connectivity index (χ1) is 11.8. The van der Waals surface area contributed by atoms with Gasteiger partial charge >= 0.3 is 0 Å². The standard InChI is InChI=1S/C18H24N6/c1-12-4-19-11-20-18(12)24-9-15-7-23(8-16(15)10-24)6-14-5-21-22-17(14)13-2-3-13/h4-5,11,13,15-16H,2-3,6-10H2,1H3,(H,21,22). The molecule has 2 unspecified atom stereocenters. The molecule has 24 heavy (non-hydrogen) atoms. The van der Waals surface area contributed by atoms with Gasteiger partial charge in [0.1, 0.15) is 12.1 Å². The molecule has 1 saturated carbocycles. The summed E-state index contributed by atoms with van der Waals surface area (Å²) in [5.41, 5.74) is 3.99. The Balaban J connectivity index is 1.24. The lowest BCUT2D eigenvalue weighted by Gasteiger charge is -2.23. The lowest BCUT2D eigenvalue weighted by Crippen LogP contribution is -2.29. The van der Waals surface area contributed by atoms with Gasteiger partial charge in [0.2, 0.25) is 0 Å². The Morgan fingerprint density at radius 2 is 1.92 bits per heavy atom. The second-order valence-corrected chi connectivity index (χ2v) is 7.73. The molecule has 2 saturated heterocycles. The van der Waals surface area contributed by atoms with E-state index in [1.807, 2.05) is 12.4 Å². The molecule has 0 amide bonds. The largest absolute Gasteiger partial charge is 0.356 e. The first-order valence-corrected chi connectivity index (χ1v) is 9.04. The maximum Gasteiger partial charge on any atom is 0.134 e. The van der Waals surface area contributed by atoms with Gasteiger partial charge in [-0.2, -0.15) is 5.10 Å². The number of fused-ring (bicyclic) bond motifs is 1. The fraction of sp³-hybridized carbons (Fsp3) is 0.611. The van der Waals surface area contributed by atoms with Crippen LogP contribution < -0.4 is 4.90 Å². The van der Waals surface area contributed by atoms with Crippen LogP contribution in [-0.2, 0) is 6.54 Å². The summed E-state index contributed by atoms with van der Waals surface area (Å²) < 4.78 is 0. The van der Waals surface area contributed by atoms with Crippen LogP contribution in [0.3, 0.4) is 0 Å². The van der Waals surface area contributed by atoms with Gasteiger partial charge in [0.05, 0.1) is 6.20 Å². The van der Waals surface area contributed by atoms with Crippen molar-refractivity contribution in [2.75, 3.05) is 31.1 Å². The number of hydrogen-bond donors (Lipinski definition) is 1. The number of nitrogens with zero attached hydrogens (tertiary/aromatic N) is 5. The van der Waals surface area contributed by atoms with Crippen molar-refractivity contribution in [2.45, 2.75) is 32.2 Å². The Morgan fingerprint density at radius 3 is 2.62 bits per heavy atom. The Kier molecular flexibility index (Phi) is 3.33. The third-order valence-corrected chi connectivity index (χ3v) is 5.86. The molecule has 6 heteroatoms. The lowest BCUT2D eigenvalue weighted by atomic mass is 10.0. The maximum atomic E-state index is 4.49. The van der Waals surface area contributed by atoms with Crippen LogP contribution in [0.1, 0.15) is 35.6 Å². The van der Waals surface area contributed by atoms with Crippen molar-refractivity contribution in [1.82, 2.24) is 25.1 Å². The van der Waals surface area contributed by atoms with E-state index in [-0.39, 0.29) is 0 Å². The van der Waals surface area contributed by atoms with Gasteiger partial charge in [-0.15, -0.1) is 0 Å². The number of H-pyrrole nitrogens is 1. The number of aromatic amines is 1. The van der Waals surface area contributed by atoms with Crippen molar-refractivity contribution in [1.29, 1.82) is 0 Å². The maximum absolute atomic E-state index is 4.49. The Hall–Kier alpha value is -1.95. The quantitative estimate of drug-likeness (QED) is 0.931. The molecular weight excluding hydrogens is 300 g/mol. The topological polar surface area (TPSA) is 60.9 Å². The first-order valence-electron chi connectivity index (χ1n) is 9.04. The molecular formula is C18H24N6. The lowest BCUT2D eigenvalue weighted by molar-refractivity contribution is 0.308. The summed E-state index contributed by atoms with van der Waals surface area (Å²) in [4.78, 5) is 13.7. The summed E-state index contributed by atoms with van der Waals surface area (Å²) in [5, 5.41) is 7.51. The van der Waals surface area contributed by atoms with Gasteiger partial charge in [-0.3, -0.25) is 10.00 Å². The van der Waals surface area contributed by atoms with Crippen LogP contribution in [0.5, 0.6) is 0 Å². The Morgan fingerprint density at radius 1 is 1.12 bits per heavy atom. The normalized spacial score (nSPS) is 27.0. The highest BCUT2D eigenvalue weighted by Gasteiger charge is 2.41. The van der Waals surface area contributed by atoms with Gasteiger partial charge in [-0.25, -0.2) is 9.97 Å². The van der Waals surface area contributed by atoms with Crippen LogP contribution in [0.4, 0.5) is 5.82 Å². The third-order valence-electron chi connectivity index (χ3n) is 5.86. The van der Waals surface area contributed by atoms with E-state index in [1.165, 1.54) is 42.8 Å². The molecule has 2 aliphatic heterocycles. The van der Waals surface area contributed by atoms with Gasteiger partial charge in [-0.05, 0) is 31.6 Å². The highest BCUT2D eigenvalue weighted by atomic mass is 15.3. The van der Waals surface area contributed by atoms with E-state index in [9.17, 15) is 0 Å². The van der Waals surface area contributed by atoms with Crippen molar-refractivity contribution < 1.29 is 0 Å². The number of aryl methyl sites for hydroxylation is 1. The number of nitrogens with one attached hydrogen (secondary N) is 1. The number of likely N-dealkylation sites (tertiary alicyclic amines) is 1. The smallest absolute Gasteiger partial charge is 0.134 e. The van der Waals surface area contributed by atoms with E-state index in [0.29, 0.717) is 0 Å². The van der Waals surface area contributed by atoms with Crippen molar-refractivity contribution in [3.8, 4) is 0 Å². The zero-order chi connectivity index (χ0) is 16.1. The predicted octanol–water partition coefficient (Wildman–Crippen LogP) is 1.95. The molecule has 2 aromatic rings. The molecule has 2 atom stereocenters. The minimum atomic E-state index is 0.751. The van der Waals surface area contributed by atoms with Gasteiger partial charge in [0.25, 0.3) is 0 Å². The van der Waals surface area contributed by atoms with Crippen LogP contribution in [0, 0.1) is 18.8 Å². The van der Waals surface area contributed by atoms with Crippen LogP contribution in [-0.4, -0.2) is 51.2 Å². The molecule has 3 fully saturated rings. The van der Waals surface area contributed by atoms with E-state index in [4.69, 9.17) is 0 Å².